The SMILES string of the molecule is CC(C)OCCS(=O)(=O)N1CC[C@H](N)C1.Cl. The summed E-state index contributed by atoms with van der Waals surface area (Å²) < 4.78 is 30.2. The van der Waals surface area contributed by atoms with Gasteiger partial charge in [0.2, 0.25) is 10.0 Å². The van der Waals surface area contributed by atoms with Crippen molar-refractivity contribution in [3.05, 3.63) is 0 Å². The molecule has 1 aliphatic rings. The van der Waals surface area contributed by atoms with Crippen LogP contribution in [0.3, 0.4) is 0 Å². The van der Waals surface area contributed by atoms with Gasteiger partial charge in [0, 0.05) is 19.1 Å². The Balaban J connectivity index is 0.00000225. The third-order valence-corrected chi connectivity index (χ3v) is 4.17. The zero-order chi connectivity index (χ0) is 11.5. The second kappa shape index (κ2) is 6.76. The normalized spacial score (nSPS) is 22.4. The summed E-state index contributed by atoms with van der Waals surface area (Å²) in [6.45, 7) is 5.03. The van der Waals surface area contributed by atoms with Gasteiger partial charge in [0.05, 0.1) is 18.5 Å². The minimum absolute atomic E-state index is 0. The van der Waals surface area contributed by atoms with Crippen LogP contribution in [0.4, 0.5) is 0 Å². The summed E-state index contributed by atoms with van der Waals surface area (Å²) in [7, 11) is -3.16. The molecule has 1 atom stereocenters. The van der Waals surface area contributed by atoms with Crippen LogP contribution in [0.25, 0.3) is 0 Å². The lowest BCUT2D eigenvalue weighted by Crippen LogP contribution is -2.35. The number of ether oxygens (including phenoxy) is 1. The smallest absolute Gasteiger partial charge is 0.216 e. The van der Waals surface area contributed by atoms with E-state index in [0.717, 1.165) is 6.42 Å². The Morgan fingerprint density at radius 1 is 1.50 bits per heavy atom. The maximum absolute atomic E-state index is 11.8. The van der Waals surface area contributed by atoms with Crippen LogP contribution in [0.5, 0.6) is 0 Å². The van der Waals surface area contributed by atoms with Gasteiger partial charge in [-0.3, -0.25) is 0 Å². The molecule has 1 saturated heterocycles. The molecule has 0 bridgehead atoms. The van der Waals surface area contributed by atoms with Crippen LogP contribution in [0.2, 0.25) is 0 Å². The molecule has 0 radical (unpaired) electrons. The van der Waals surface area contributed by atoms with Crippen molar-refractivity contribution in [2.24, 2.45) is 5.73 Å². The Labute approximate surface area is 104 Å². The molecule has 1 aliphatic heterocycles. The highest BCUT2D eigenvalue weighted by Crippen LogP contribution is 2.12. The van der Waals surface area contributed by atoms with Crippen LogP contribution < -0.4 is 5.73 Å². The van der Waals surface area contributed by atoms with E-state index in [1.807, 2.05) is 13.8 Å². The summed E-state index contributed by atoms with van der Waals surface area (Å²) in [4.78, 5) is 0. The Bertz CT molecular complexity index is 295. The van der Waals surface area contributed by atoms with Gasteiger partial charge < -0.3 is 10.5 Å². The summed E-state index contributed by atoms with van der Waals surface area (Å²) in [5.74, 6) is 0.0535. The number of hydrogen-bond donors (Lipinski definition) is 1. The number of nitrogens with two attached hydrogens (primary N) is 1. The van der Waals surface area contributed by atoms with Crippen LogP contribution in [0.15, 0.2) is 0 Å². The topological polar surface area (TPSA) is 72.6 Å². The Hall–Kier alpha value is 0.120. The predicted molar refractivity (Wildman–Crippen MR) is 66.3 cm³/mol. The zero-order valence-electron chi connectivity index (χ0n) is 9.76. The fourth-order valence-electron chi connectivity index (χ4n) is 1.52. The highest BCUT2D eigenvalue weighted by atomic mass is 35.5. The molecule has 0 spiro atoms. The number of sulfonamides is 1. The molecule has 5 nitrogen and oxygen atoms in total. The molecule has 7 heteroatoms. The molecular weight excluding hydrogens is 252 g/mol. The molecule has 2 N–H and O–H groups in total. The second-order valence-corrected chi connectivity index (χ2v) is 6.23. The molecule has 0 aromatic heterocycles. The van der Waals surface area contributed by atoms with Crippen molar-refractivity contribution in [2.75, 3.05) is 25.4 Å². The molecule has 0 unspecified atom stereocenters. The van der Waals surface area contributed by atoms with Gasteiger partial charge in [-0.2, -0.15) is 0 Å². The van der Waals surface area contributed by atoms with E-state index in [2.05, 4.69) is 0 Å². The first-order valence-corrected chi connectivity index (χ1v) is 6.88. The van der Waals surface area contributed by atoms with E-state index in [1.54, 1.807) is 0 Å². The van der Waals surface area contributed by atoms with Gasteiger partial charge in [-0.15, -0.1) is 12.4 Å². The average molecular weight is 273 g/mol. The van der Waals surface area contributed by atoms with Gasteiger partial charge in [0.1, 0.15) is 0 Å². The summed E-state index contributed by atoms with van der Waals surface area (Å²) in [6, 6.07) is -0.00853. The largest absolute Gasteiger partial charge is 0.378 e. The van der Waals surface area contributed by atoms with E-state index < -0.39 is 10.0 Å². The molecule has 1 rings (SSSR count). The van der Waals surface area contributed by atoms with Crippen molar-refractivity contribution in [3.8, 4) is 0 Å². The zero-order valence-corrected chi connectivity index (χ0v) is 11.4. The van der Waals surface area contributed by atoms with Gasteiger partial charge in [0.15, 0.2) is 0 Å². The Morgan fingerprint density at radius 3 is 2.56 bits per heavy atom. The maximum Gasteiger partial charge on any atom is 0.216 e. The minimum Gasteiger partial charge on any atom is -0.378 e. The lowest BCUT2D eigenvalue weighted by atomic mass is 10.3. The predicted octanol–water partition coefficient (Wildman–Crippen LogP) is 0.196. The van der Waals surface area contributed by atoms with Crippen molar-refractivity contribution < 1.29 is 13.2 Å². The standard InChI is InChI=1S/C9H20N2O3S.ClH/c1-8(2)14-5-6-15(12,13)11-4-3-9(10)7-11;/h8-9H,3-7,10H2,1-2H3;1H/t9-;/m0./s1. The molecule has 1 fully saturated rings. The highest BCUT2D eigenvalue weighted by Gasteiger charge is 2.29. The number of rotatable bonds is 5. The second-order valence-electron chi connectivity index (χ2n) is 4.14. The quantitative estimate of drug-likeness (QED) is 0.776. The molecular formula is C9H21ClN2O3S. The van der Waals surface area contributed by atoms with Gasteiger partial charge in [-0.25, -0.2) is 12.7 Å². The summed E-state index contributed by atoms with van der Waals surface area (Å²) in [5.41, 5.74) is 5.66. The monoisotopic (exact) mass is 272 g/mol. The van der Waals surface area contributed by atoms with Crippen LogP contribution in [-0.4, -0.2) is 50.3 Å². The number of halogens is 1. The fraction of sp³-hybridized carbons (Fsp3) is 1.00. The van der Waals surface area contributed by atoms with E-state index >= 15 is 0 Å². The van der Waals surface area contributed by atoms with Gasteiger partial charge >= 0.3 is 0 Å². The molecule has 98 valence electrons. The van der Waals surface area contributed by atoms with Crippen LogP contribution in [-0.2, 0) is 14.8 Å². The van der Waals surface area contributed by atoms with E-state index in [-0.39, 0.29) is 36.9 Å². The lowest BCUT2D eigenvalue weighted by Gasteiger charge is -2.16. The maximum atomic E-state index is 11.8. The minimum atomic E-state index is -3.16. The number of hydrogen-bond acceptors (Lipinski definition) is 4. The summed E-state index contributed by atoms with van der Waals surface area (Å²) >= 11 is 0. The average Bonchev–Trinajstić information content (AvgIpc) is 2.51. The summed E-state index contributed by atoms with van der Waals surface area (Å²) in [6.07, 6.45) is 0.825. The lowest BCUT2D eigenvalue weighted by molar-refractivity contribution is 0.0907. The van der Waals surface area contributed by atoms with E-state index in [0.29, 0.717) is 13.1 Å². The van der Waals surface area contributed by atoms with Crippen molar-refractivity contribution in [2.45, 2.75) is 32.4 Å². The van der Waals surface area contributed by atoms with E-state index in [9.17, 15) is 8.42 Å². The molecule has 16 heavy (non-hydrogen) atoms. The first-order valence-electron chi connectivity index (χ1n) is 5.27. The number of nitrogens with zero attached hydrogens (tertiary/aromatic N) is 1. The first kappa shape index (κ1) is 16.1. The third kappa shape index (κ3) is 4.97. The van der Waals surface area contributed by atoms with Crippen LogP contribution >= 0.6 is 12.4 Å². The fourth-order valence-corrected chi connectivity index (χ4v) is 2.89. The molecule has 1 heterocycles. The molecule has 0 saturated carbocycles. The van der Waals surface area contributed by atoms with E-state index in [1.165, 1.54) is 4.31 Å². The van der Waals surface area contributed by atoms with Crippen molar-refractivity contribution in [1.82, 2.24) is 4.31 Å². The van der Waals surface area contributed by atoms with Crippen LogP contribution in [0.1, 0.15) is 20.3 Å². The van der Waals surface area contributed by atoms with Crippen molar-refractivity contribution >= 4 is 22.4 Å². The van der Waals surface area contributed by atoms with Crippen molar-refractivity contribution in [1.29, 1.82) is 0 Å². The summed E-state index contributed by atoms with van der Waals surface area (Å²) in [5, 5.41) is 0. The van der Waals surface area contributed by atoms with Gasteiger partial charge in [-0.05, 0) is 20.3 Å². The van der Waals surface area contributed by atoms with Gasteiger partial charge in [0.25, 0.3) is 0 Å². The Kier molecular flexibility index (Phi) is 6.81. The molecule has 0 aromatic carbocycles. The van der Waals surface area contributed by atoms with E-state index in [4.69, 9.17) is 10.5 Å². The van der Waals surface area contributed by atoms with Crippen LogP contribution in [0, 0.1) is 0 Å². The first-order chi connectivity index (χ1) is 6.92. The molecule has 0 aliphatic carbocycles. The van der Waals surface area contributed by atoms with Crippen molar-refractivity contribution in [3.63, 3.8) is 0 Å². The third-order valence-electron chi connectivity index (χ3n) is 2.37. The Morgan fingerprint density at radius 2 is 2.12 bits per heavy atom. The molecule has 0 aromatic rings. The molecule has 0 amide bonds. The highest BCUT2D eigenvalue weighted by molar-refractivity contribution is 7.89. The van der Waals surface area contributed by atoms with Gasteiger partial charge in [-0.1, -0.05) is 0 Å².